The number of aromatic nitrogens is 4. The number of imidazole rings is 1. The van der Waals surface area contributed by atoms with E-state index in [4.69, 9.17) is 4.98 Å². The van der Waals surface area contributed by atoms with Gasteiger partial charge in [-0.1, -0.05) is 12.1 Å². The molecule has 3 N–H and O–H groups in total. The van der Waals surface area contributed by atoms with E-state index in [1.54, 1.807) is 12.4 Å². The molecule has 0 bridgehead atoms. The number of halogens is 2. The molecule has 1 saturated heterocycles. The van der Waals surface area contributed by atoms with Crippen LogP contribution in [0.1, 0.15) is 38.3 Å². The normalized spacial score (nSPS) is 16.2. The van der Waals surface area contributed by atoms with Crippen LogP contribution in [0.25, 0.3) is 22.3 Å². The summed E-state index contributed by atoms with van der Waals surface area (Å²) in [6.45, 7) is 5.77. The number of nitrogens with zero attached hydrogens (tertiary/aromatic N) is 4. The van der Waals surface area contributed by atoms with E-state index in [2.05, 4.69) is 39.8 Å². The maximum atomic E-state index is 14.4. The summed E-state index contributed by atoms with van der Waals surface area (Å²) in [5, 5.41) is 9.59. The molecule has 10 heteroatoms. The Balaban J connectivity index is 0.00000267. The third kappa shape index (κ3) is 3.79. The summed E-state index contributed by atoms with van der Waals surface area (Å²) in [5.74, 6) is 0.116. The molecule has 0 aliphatic carbocycles. The van der Waals surface area contributed by atoms with Crippen molar-refractivity contribution < 1.29 is 9.18 Å². The lowest BCUT2D eigenvalue weighted by molar-refractivity contribution is -0.121. The van der Waals surface area contributed by atoms with Gasteiger partial charge in [0.25, 0.3) is 0 Å². The van der Waals surface area contributed by atoms with Gasteiger partial charge in [0.15, 0.2) is 11.6 Å². The third-order valence-corrected chi connectivity index (χ3v) is 7.10. The van der Waals surface area contributed by atoms with E-state index in [9.17, 15) is 9.18 Å². The van der Waals surface area contributed by atoms with Crippen LogP contribution in [0.5, 0.6) is 0 Å². The summed E-state index contributed by atoms with van der Waals surface area (Å²) in [6, 6.07) is 9.69. The fourth-order valence-electron chi connectivity index (χ4n) is 5.23. The van der Waals surface area contributed by atoms with Crippen molar-refractivity contribution in [1.82, 2.24) is 24.8 Å². The van der Waals surface area contributed by atoms with Crippen molar-refractivity contribution in [3.63, 3.8) is 0 Å². The Hall–Kier alpha value is -3.56. The van der Waals surface area contributed by atoms with Gasteiger partial charge in [0.1, 0.15) is 5.52 Å². The van der Waals surface area contributed by atoms with Crippen molar-refractivity contribution in [1.29, 1.82) is 0 Å². The lowest BCUT2D eigenvalue weighted by atomic mass is 9.74. The molecule has 0 unspecified atom stereocenters. The van der Waals surface area contributed by atoms with Crippen LogP contribution in [-0.2, 0) is 10.2 Å². The summed E-state index contributed by atoms with van der Waals surface area (Å²) < 4.78 is 16.4. The molecule has 6 rings (SSSR count). The molecule has 0 atom stereocenters. The van der Waals surface area contributed by atoms with Crippen LogP contribution in [0.4, 0.5) is 21.6 Å². The van der Waals surface area contributed by atoms with Gasteiger partial charge in [-0.25, -0.2) is 14.4 Å². The second kappa shape index (κ2) is 9.15. The van der Waals surface area contributed by atoms with E-state index >= 15 is 0 Å². The van der Waals surface area contributed by atoms with E-state index in [1.165, 1.54) is 12.4 Å². The van der Waals surface area contributed by atoms with E-state index in [1.807, 2.05) is 28.8 Å². The van der Waals surface area contributed by atoms with Crippen LogP contribution in [0, 0.1) is 5.82 Å². The zero-order valence-corrected chi connectivity index (χ0v) is 20.8. The second-order valence-corrected chi connectivity index (χ2v) is 9.50. The Morgan fingerprint density at radius 3 is 2.72 bits per heavy atom. The first kappa shape index (κ1) is 24.1. The third-order valence-electron chi connectivity index (χ3n) is 7.10. The molecule has 36 heavy (non-hydrogen) atoms. The number of anilines is 3. The van der Waals surface area contributed by atoms with Gasteiger partial charge in [0.2, 0.25) is 5.91 Å². The summed E-state index contributed by atoms with van der Waals surface area (Å²) >= 11 is 0. The van der Waals surface area contributed by atoms with Crippen molar-refractivity contribution in [3.05, 3.63) is 60.4 Å². The number of benzene rings is 1. The standard InChI is InChI=1S/C26H26FN7O.ClH/c1-15(2)34-14-30-22-12-20(32-24(23(22)34)31-19-5-8-29-13-18(19)27)16-3-4-17-21(11-16)33-25(35)26(17)6-9-28-10-7-26;/h3-5,8,11-15,28H,6-7,9-10H2,1-2H3,(H,33,35)(H,29,31,32);1H. The fraction of sp³-hybridized carbons (Fsp3) is 0.308. The van der Waals surface area contributed by atoms with Crippen LogP contribution in [0.3, 0.4) is 0 Å². The number of piperidine rings is 1. The van der Waals surface area contributed by atoms with E-state index in [0.29, 0.717) is 11.5 Å². The molecule has 186 valence electrons. The smallest absolute Gasteiger partial charge is 0.235 e. The molecule has 1 aromatic carbocycles. The first-order valence-electron chi connectivity index (χ1n) is 11.9. The number of fused-ring (bicyclic) bond motifs is 3. The Bertz CT molecular complexity index is 1460. The molecule has 8 nitrogen and oxygen atoms in total. The Kier molecular flexibility index (Phi) is 6.13. The Labute approximate surface area is 214 Å². The highest BCUT2D eigenvalue weighted by Crippen LogP contribution is 2.45. The van der Waals surface area contributed by atoms with E-state index in [-0.39, 0.29) is 30.0 Å². The predicted molar refractivity (Wildman–Crippen MR) is 140 cm³/mol. The van der Waals surface area contributed by atoms with Gasteiger partial charge in [-0.15, -0.1) is 12.4 Å². The fourth-order valence-corrected chi connectivity index (χ4v) is 5.23. The van der Waals surface area contributed by atoms with Gasteiger partial charge >= 0.3 is 0 Å². The maximum absolute atomic E-state index is 14.4. The molecule has 5 heterocycles. The topological polar surface area (TPSA) is 96.8 Å². The van der Waals surface area contributed by atoms with Crippen LogP contribution >= 0.6 is 12.4 Å². The maximum Gasteiger partial charge on any atom is 0.235 e. The van der Waals surface area contributed by atoms with Crippen molar-refractivity contribution >= 4 is 46.5 Å². The molecular formula is C26H27ClFN7O. The molecule has 1 spiro atoms. The number of nitrogens with one attached hydrogen (secondary N) is 3. The highest BCUT2D eigenvalue weighted by Gasteiger charge is 2.47. The van der Waals surface area contributed by atoms with Crippen molar-refractivity contribution in [2.75, 3.05) is 23.7 Å². The number of hydrogen-bond acceptors (Lipinski definition) is 6. The van der Waals surface area contributed by atoms with Crippen LogP contribution in [0.2, 0.25) is 0 Å². The van der Waals surface area contributed by atoms with Gasteiger partial charge in [0, 0.05) is 23.5 Å². The minimum absolute atomic E-state index is 0. The van der Waals surface area contributed by atoms with Crippen molar-refractivity contribution in [2.24, 2.45) is 0 Å². The van der Waals surface area contributed by atoms with Crippen LogP contribution in [-0.4, -0.2) is 38.5 Å². The minimum atomic E-state index is -0.462. The molecule has 0 saturated carbocycles. The number of hydrogen-bond donors (Lipinski definition) is 3. The Morgan fingerprint density at radius 2 is 1.97 bits per heavy atom. The largest absolute Gasteiger partial charge is 0.336 e. The number of rotatable bonds is 4. The van der Waals surface area contributed by atoms with E-state index in [0.717, 1.165) is 53.8 Å². The highest BCUT2D eigenvalue weighted by atomic mass is 35.5. The number of amides is 1. The van der Waals surface area contributed by atoms with Gasteiger partial charge < -0.3 is 20.5 Å². The van der Waals surface area contributed by atoms with Crippen LogP contribution < -0.4 is 16.0 Å². The zero-order chi connectivity index (χ0) is 24.2. The summed E-state index contributed by atoms with van der Waals surface area (Å²) in [7, 11) is 0. The number of carbonyl (C=O) groups excluding carboxylic acids is 1. The Morgan fingerprint density at radius 1 is 1.17 bits per heavy atom. The molecule has 3 aromatic heterocycles. The van der Waals surface area contributed by atoms with Gasteiger partial charge in [0.05, 0.1) is 34.8 Å². The quantitative estimate of drug-likeness (QED) is 0.361. The average molecular weight is 508 g/mol. The molecule has 2 aliphatic heterocycles. The average Bonchev–Trinajstić information content (AvgIpc) is 3.40. The second-order valence-electron chi connectivity index (χ2n) is 9.50. The molecule has 4 aromatic rings. The van der Waals surface area contributed by atoms with Gasteiger partial charge in [-0.3, -0.25) is 9.78 Å². The van der Waals surface area contributed by atoms with E-state index < -0.39 is 11.2 Å². The zero-order valence-electron chi connectivity index (χ0n) is 20.0. The summed E-state index contributed by atoms with van der Waals surface area (Å²) in [4.78, 5) is 26.3. The number of carbonyl (C=O) groups is 1. The van der Waals surface area contributed by atoms with Crippen LogP contribution in [0.15, 0.2) is 49.1 Å². The monoisotopic (exact) mass is 507 g/mol. The lowest BCUT2D eigenvalue weighted by Gasteiger charge is -2.32. The SMILES string of the molecule is CC(C)n1cnc2cc(-c3ccc4c(c3)NC(=O)C43CCNCC3)nc(Nc3ccncc3F)c21.Cl. The van der Waals surface area contributed by atoms with Crippen molar-refractivity contribution in [3.8, 4) is 11.3 Å². The lowest BCUT2D eigenvalue weighted by Crippen LogP contribution is -2.44. The van der Waals surface area contributed by atoms with Gasteiger partial charge in [-0.2, -0.15) is 0 Å². The predicted octanol–water partition coefficient (Wildman–Crippen LogP) is 4.95. The molecule has 2 aliphatic rings. The first-order valence-corrected chi connectivity index (χ1v) is 11.9. The molecular weight excluding hydrogens is 481 g/mol. The summed E-state index contributed by atoms with van der Waals surface area (Å²) in [5.41, 5.74) is 4.80. The van der Waals surface area contributed by atoms with Crippen molar-refractivity contribution in [2.45, 2.75) is 38.1 Å². The number of pyridine rings is 2. The molecule has 1 amide bonds. The minimum Gasteiger partial charge on any atom is -0.336 e. The molecule has 1 fully saturated rings. The summed E-state index contributed by atoms with van der Waals surface area (Å²) in [6.07, 6.45) is 6.05. The first-order chi connectivity index (χ1) is 17.0. The highest BCUT2D eigenvalue weighted by molar-refractivity contribution is 6.07. The molecule has 0 radical (unpaired) electrons. The van der Waals surface area contributed by atoms with Gasteiger partial charge in [-0.05, 0) is 63.5 Å².